The van der Waals surface area contributed by atoms with E-state index in [9.17, 15) is 4.79 Å². The molecule has 2 aliphatic heterocycles. The molecule has 128 valence electrons. The summed E-state index contributed by atoms with van der Waals surface area (Å²) in [5.74, 6) is 0.0410. The number of likely N-dealkylation sites (N-methyl/N-ethyl adjacent to an activating group) is 1. The van der Waals surface area contributed by atoms with Crippen molar-refractivity contribution in [3.8, 4) is 10.6 Å². The summed E-state index contributed by atoms with van der Waals surface area (Å²) in [5.41, 5.74) is 3.46. The molecule has 0 aliphatic carbocycles. The number of carbonyl (C=O) groups is 1. The molecule has 0 saturated carbocycles. The molecule has 7 heteroatoms. The van der Waals surface area contributed by atoms with Crippen LogP contribution in [0.15, 0.2) is 23.6 Å². The molecule has 2 aliphatic rings. The molecule has 4 heterocycles. The Balaban J connectivity index is 1.52. The zero-order valence-corrected chi connectivity index (χ0v) is 15.0. The number of H-pyrrole nitrogens is 1. The van der Waals surface area contributed by atoms with E-state index in [-0.39, 0.29) is 5.91 Å². The fraction of sp³-hybridized carbons (Fsp3) is 0.389. The second kappa shape index (κ2) is 5.37. The molecule has 2 bridgehead atoms. The van der Waals surface area contributed by atoms with Gasteiger partial charge in [0.1, 0.15) is 5.01 Å². The van der Waals surface area contributed by atoms with Gasteiger partial charge in [-0.2, -0.15) is 5.10 Å². The van der Waals surface area contributed by atoms with Gasteiger partial charge in [0.05, 0.1) is 5.52 Å². The van der Waals surface area contributed by atoms with Crippen molar-refractivity contribution >= 4 is 28.1 Å². The third-order valence-corrected chi connectivity index (χ3v) is 6.42. The van der Waals surface area contributed by atoms with E-state index in [1.807, 2.05) is 35.4 Å². The monoisotopic (exact) mass is 353 g/mol. The number of nitrogens with one attached hydrogen (secondary N) is 1. The van der Waals surface area contributed by atoms with E-state index in [4.69, 9.17) is 0 Å². The van der Waals surface area contributed by atoms with Gasteiger partial charge in [-0.3, -0.25) is 14.8 Å². The SMILES string of the molecule is Cc1csc(-c2ccc3[nH]nc(C(=O)N4CC5CC4CN5C)c3c2)n1. The Labute approximate surface area is 149 Å². The van der Waals surface area contributed by atoms with Gasteiger partial charge in [-0.15, -0.1) is 11.3 Å². The number of aromatic nitrogens is 3. The Kier molecular flexibility index (Phi) is 3.23. The highest BCUT2D eigenvalue weighted by Crippen LogP contribution is 2.32. The molecule has 25 heavy (non-hydrogen) atoms. The number of hydrogen-bond acceptors (Lipinski definition) is 5. The van der Waals surface area contributed by atoms with Crippen molar-refractivity contribution < 1.29 is 4.79 Å². The van der Waals surface area contributed by atoms with Crippen molar-refractivity contribution in [2.75, 3.05) is 20.1 Å². The fourth-order valence-electron chi connectivity index (χ4n) is 4.05. The average molecular weight is 353 g/mol. The highest BCUT2D eigenvalue weighted by Gasteiger charge is 2.44. The molecule has 0 spiro atoms. The Morgan fingerprint density at radius 1 is 1.32 bits per heavy atom. The lowest BCUT2D eigenvalue weighted by Gasteiger charge is -2.31. The maximum Gasteiger partial charge on any atom is 0.275 e. The number of benzene rings is 1. The van der Waals surface area contributed by atoms with Crippen molar-refractivity contribution in [3.05, 3.63) is 35.0 Å². The molecule has 3 aromatic rings. The van der Waals surface area contributed by atoms with Crippen LogP contribution in [0.4, 0.5) is 0 Å². The van der Waals surface area contributed by atoms with Gasteiger partial charge in [0.15, 0.2) is 5.69 Å². The number of hydrogen-bond donors (Lipinski definition) is 1. The van der Waals surface area contributed by atoms with Gasteiger partial charge < -0.3 is 4.90 Å². The van der Waals surface area contributed by atoms with Crippen molar-refractivity contribution in [2.24, 2.45) is 0 Å². The Morgan fingerprint density at radius 2 is 2.20 bits per heavy atom. The standard InChI is InChI=1S/C18H19N5OS/c1-10-9-25-17(19-10)11-3-4-15-14(5-11)16(21-20-15)18(24)23-8-12-6-13(23)7-22(12)2/h3-5,9,12-13H,6-8H2,1-2H3,(H,20,21). The van der Waals surface area contributed by atoms with Crippen molar-refractivity contribution in [3.63, 3.8) is 0 Å². The maximum absolute atomic E-state index is 13.1. The smallest absolute Gasteiger partial charge is 0.275 e. The van der Waals surface area contributed by atoms with Crippen LogP contribution in [0.25, 0.3) is 21.5 Å². The van der Waals surface area contributed by atoms with Crippen LogP contribution in [0.3, 0.4) is 0 Å². The normalized spacial score (nSPS) is 23.0. The Morgan fingerprint density at radius 3 is 2.88 bits per heavy atom. The minimum atomic E-state index is 0.0410. The van der Waals surface area contributed by atoms with E-state index >= 15 is 0 Å². The van der Waals surface area contributed by atoms with E-state index in [0.717, 1.165) is 46.7 Å². The fourth-order valence-corrected chi connectivity index (χ4v) is 4.84. The third kappa shape index (κ3) is 2.30. The lowest BCUT2D eigenvalue weighted by molar-refractivity contribution is 0.0646. The number of fused-ring (bicyclic) bond motifs is 3. The van der Waals surface area contributed by atoms with Crippen LogP contribution in [-0.4, -0.2) is 63.1 Å². The number of thiazole rings is 1. The summed E-state index contributed by atoms with van der Waals surface area (Å²) in [7, 11) is 2.14. The van der Waals surface area contributed by atoms with Gasteiger partial charge in [0.2, 0.25) is 0 Å². The zero-order valence-electron chi connectivity index (χ0n) is 14.2. The van der Waals surface area contributed by atoms with Gasteiger partial charge in [0, 0.05) is 47.2 Å². The third-order valence-electron chi connectivity index (χ3n) is 5.41. The first kappa shape index (κ1) is 15.0. The minimum absolute atomic E-state index is 0.0410. The van der Waals surface area contributed by atoms with Gasteiger partial charge in [0.25, 0.3) is 5.91 Å². The molecule has 1 aromatic carbocycles. The van der Waals surface area contributed by atoms with Gasteiger partial charge in [-0.1, -0.05) is 0 Å². The van der Waals surface area contributed by atoms with E-state index < -0.39 is 0 Å². The minimum Gasteiger partial charge on any atom is -0.331 e. The van der Waals surface area contributed by atoms with Crippen LogP contribution in [0, 0.1) is 6.92 Å². The summed E-state index contributed by atoms with van der Waals surface area (Å²) in [6.45, 7) is 3.76. The highest BCUT2D eigenvalue weighted by atomic mass is 32.1. The zero-order chi connectivity index (χ0) is 17.1. The van der Waals surface area contributed by atoms with Crippen LogP contribution >= 0.6 is 11.3 Å². The maximum atomic E-state index is 13.1. The Bertz CT molecular complexity index is 975. The van der Waals surface area contributed by atoms with Crippen LogP contribution in [0.5, 0.6) is 0 Å². The molecule has 2 aromatic heterocycles. The summed E-state index contributed by atoms with van der Waals surface area (Å²) in [6.07, 6.45) is 1.08. The first-order valence-corrected chi connectivity index (χ1v) is 9.40. The second-order valence-electron chi connectivity index (χ2n) is 7.07. The number of carbonyl (C=O) groups excluding carboxylic acids is 1. The molecule has 1 amide bonds. The number of amides is 1. The molecular weight excluding hydrogens is 334 g/mol. The number of aromatic amines is 1. The second-order valence-corrected chi connectivity index (χ2v) is 7.93. The number of aryl methyl sites for hydroxylation is 1. The number of nitrogens with zero attached hydrogens (tertiary/aromatic N) is 4. The summed E-state index contributed by atoms with van der Waals surface area (Å²) in [5, 5.41) is 11.2. The van der Waals surface area contributed by atoms with Crippen LogP contribution in [-0.2, 0) is 0 Å². The molecule has 2 atom stereocenters. The van der Waals surface area contributed by atoms with Gasteiger partial charge in [-0.05, 0) is 38.6 Å². The van der Waals surface area contributed by atoms with Crippen LogP contribution in [0.2, 0.25) is 0 Å². The highest BCUT2D eigenvalue weighted by molar-refractivity contribution is 7.13. The lowest BCUT2D eigenvalue weighted by atomic mass is 10.1. The first-order chi connectivity index (χ1) is 12.1. The predicted molar refractivity (Wildman–Crippen MR) is 97.8 cm³/mol. The molecule has 2 unspecified atom stereocenters. The molecule has 1 N–H and O–H groups in total. The summed E-state index contributed by atoms with van der Waals surface area (Å²) >= 11 is 1.62. The van der Waals surface area contributed by atoms with Gasteiger partial charge in [-0.25, -0.2) is 4.98 Å². The van der Waals surface area contributed by atoms with E-state index in [1.54, 1.807) is 11.3 Å². The van der Waals surface area contributed by atoms with Crippen molar-refractivity contribution in [2.45, 2.75) is 25.4 Å². The van der Waals surface area contributed by atoms with E-state index in [1.165, 1.54) is 0 Å². The molecule has 0 radical (unpaired) electrons. The van der Waals surface area contributed by atoms with E-state index in [0.29, 0.717) is 17.8 Å². The topological polar surface area (TPSA) is 65.1 Å². The molecule has 5 rings (SSSR count). The molecule has 2 saturated heterocycles. The molecule has 6 nitrogen and oxygen atoms in total. The van der Waals surface area contributed by atoms with Crippen molar-refractivity contribution in [1.82, 2.24) is 25.0 Å². The van der Waals surface area contributed by atoms with E-state index in [2.05, 4.69) is 27.1 Å². The largest absolute Gasteiger partial charge is 0.331 e. The average Bonchev–Trinajstić information content (AvgIpc) is 3.35. The Hall–Kier alpha value is -2.25. The number of piperazine rings is 1. The van der Waals surface area contributed by atoms with Crippen LogP contribution in [0.1, 0.15) is 22.6 Å². The quantitative estimate of drug-likeness (QED) is 0.769. The first-order valence-electron chi connectivity index (χ1n) is 8.52. The predicted octanol–water partition coefficient (Wildman–Crippen LogP) is 2.52. The summed E-state index contributed by atoms with van der Waals surface area (Å²) in [4.78, 5) is 22.0. The lowest BCUT2D eigenvalue weighted by Crippen LogP contribution is -2.47. The number of likely N-dealkylation sites (tertiary alicyclic amines) is 2. The summed E-state index contributed by atoms with van der Waals surface area (Å²) < 4.78 is 0. The van der Waals surface area contributed by atoms with Crippen molar-refractivity contribution in [1.29, 1.82) is 0 Å². The number of rotatable bonds is 2. The van der Waals surface area contributed by atoms with Crippen LogP contribution < -0.4 is 0 Å². The molecule has 2 fully saturated rings. The summed E-state index contributed by atoms with van der Waals surface area (Å²) in [6, 6.07) is 6.85. The van der Waals surface area contributed by atoms with Gasteiger partial charge >= 0.3 is 0 Å². The molecular formula is C18H19N5OS.